The average molecular weight is 478 g/mol. The van der Waals surface area contributed by atoms with Crippen LogP contribution in [-0.4, -0.2) is 48.2 Å². The number of Topliss-reactive ketones (excluding diaryl/α,β-unsaturated/α-hetero) is 1. The molecule has 0 fully saturated rings. The van der Waals surface area contributed by atoms with E-state index in [4.69, 9.17) is 24.2 Å². The fraction of sp³-hybridized carbons (Fsp3) is 0.192. The quantitative estimate of drug-likeness (QED) is 0.431. The smallest absolute Gasteiger partial charge is 0.203 e. The second-order valence-corrected chi connectivity index (χ2v) is 8.04. The van der Waals surface area contributed by atoms with Gasteiger partial charge in [-0.3, -0.25) is 4.79 Å². The molecular weight excluding hydrogens is 456 g/mol. The van der Waals surface area contributed by atoms with Crippen molar-refractivity contribution in [2.75, 3.05) is 20.8 Å². The Morgan fingerprint density at radius 1 is 1.00 bits per heavy atom. The predicted octanol–water partition coefficient (Wildman–Crippen LogP) is 4.08. The van der Waals surface area contributed by atoms with Crippen LogP contribution in [-0.2, 0) is 9.62 Å². The lowest BCUT2D eigenvalue weighted by Crippen LogP contribution is -2.27. The lowest BCUT2D eigenvalue weighted by Gasteiger charge is -2.29. The van der Waals surface area contributed by atoms with Crippen molar-refractivity contribution >= 4 is 11.5 Å². The first-order valence-corrected chi connectivity index (χ1v) is 10.7. The minimum Gasteiger partial charge on any atom is -0.507 e. The Labute approximate surface area is 200 Å². The lowest BCUT2D eigenvalue weighted by atomic mass is 9.87. The van der Waals surface area contributed by atoms with E-state index in [1.807, 2.05) is 0 Å². The molecule has 3 N–H and O–H groups in total. The zero-order chi connectivity index (χ0) is 24.7. The van der Waals surface area contributed by atoms with Crippen LogP contribution < -0.4 is 14.2 Å². The standard InChI is InChI=1S/C26H22O9/c1-31-25-14(6-8-17(27)26(25)32-2)16-12-33-22-11-13(10-18(28)23(22)24(16)29)19-9-7-15-20(34-19)4-3-5-21(15)35-30/h3-11,16,20,27-28,30H,12H2,1-2H3. The summed E-state index contributed by atoms with van der Waals surface area (Å²) in [7, 11) is 2.80. The molecular formula is C26H22O9. The second kappa shape index (κ2) is 8.77. The summed E-state index contributed by atoms with van der Waals surface area (Å²) in [6.45, 7) is -0.00364. The number of fused-ring (bicyclic) bond motifs is 2. The van der Waals surface area contributed by atoms with Gasteiger partial charge in [-0.2, -0.15) is 0 Å². The van der Waals surface area contributed by atoms with Crippen LogP contribution in [0.4, 0.5) is 0 Å². The van der Waals surface area contributed by atoms with Gasteiger partial charge in [-0.25, -0.2) is 5.26 Å². The molecule has 5 rings (SSSR count). The molecule has 0 spiro atoms. The molecule has 1 aliphatic carbocycles. The van der Waals surface area contributed by atoms with E-state index in [1.165, 1.54) is 26.4 Å². The summed E-state index contributed by atoms with van der Waals surface area (Å²) in [5.74, 6) is -0.229. The highest BCUT2D eigenvalue weighted by molar-refractivity contribution is 6.07. The number of aromatic hydroxyl groups is 2. The Morgan fingerprint density at radius 3 is 2.54 bits per heavy atom. The zero-order valence-electron chi connectivity index (χ0n) is 18.8. The minimum absolute atomic E-state index is 0.00364. The molecule has 2 aliphatic heterocycles. The summed E-state index contributed by atoms with van der Waals surface area (Å²) in [6, 6.07) is 6.06. The predicted molar refractivity (Wildman–Crippen MR) is 124 cm³/mol. The van der Waals surface area contributed by atoms with Crippen LogP contribution in [0.3, 0.4) is 0 Å². The Kier molecular flexibility index (Phi) is 5.62. The van der Waals surface area contributed by atoms with Gasteiger partial charge in [-0.15, -0.1) is 0 Å². The Hall–Kier alpha value is -4.37. The molecule has 2 atom stereocenters. The fourth-order valence-corrected chi connectivity index (χ4v) is 4.46. The number of benzene rings is 2. The first-order chi connectivity index (χ1) is 17.0. The third-order valence-electron chi connectivity index (χ3n) is 6.13. The van der Waals surface area contributed by atoms with Crippen molar-refractivity contribution in [2.45, 2.75) is 12.0 Å². The van der Waals surface area contributed by atoms with Crippen LogP contribution in [0.25, 0.3) is 5.76 Å². The van der Waals surface area contributed by atoms with E-state index in [9.17, 15) is 15.0 Å². The van der Waals surface area contributed by atoms with E-state index in [2.05, 4.69) is 4.89 Å². The number of phenolic OH excluding ortho intramolecular Hbond substituents is 2. The van der Waals surface area contributed by atoms with Gasteiger partial charge >= 0.3 is 0 Å². The maximum Gasteiger partial charge on any atom is 0.203 e. The maximum absolute atomic E-state index is 13.4. The third-order valence-corrected chi connectivity index (χ3v) is 6.13. The van der Waals surface area contributed by atoms with Gasteiger partial charge in [0.15, 0.2) is 23.0 Å². The van der Waals surface area contributed by atoms with Gasteiger partial charge in [0.1, 0.15) is 35.5 Å². The molecule has 2 aromatic rings. The second-order valence-electron chi connectivity index (χ2n) is 8.04. The number of carbonyl (C=O) groups excluding carboxylic acids is 1. The van der Waals surface area contributed by atoms with Crippen LogP contribution >= 0.6 is 0 Å². The van der Waals surface area contributed by atoms with Crippen molar-refractivity contribution < 1.29 is 44.1 Å². The number of hydrogen-bond acceptors (Lipinski definition) is 9. The monoisotopic (exact) mass is 478 g/mol. The summed E-state index contributed by atoms with van der Waals surface area (Å²) >= 11 is 0. The Morgan fingerprint density at radius 2 is 1.80 bits per heavy atom. The third kappa shape index (κ3) is 3.66. The molecule has 0 saturated heterocycles. The summed E-state index contributed by atoms with van der Waals surface area (Å²) < 4.78 is 22.5. The first kappa shape index (κ1) is 22.4. The molecule has 9 heteroatoms. The molecule has 9 nitrogen and oxygen atoms in total. The normalized spacial score (nSPS) is 20.3. The van der Waals surface area contributed by atoms with E-state index < -0.39 is 12.0 Å². The lowest BCUT2D eigenvalue weighted by molar-refractivity contribution is -0.201. The molecule has 3 aliphatic rings. The molecule has 2 aromatic carbocycles. The van der Waals surface area contributed by atoms with E-state index in [0.29, 0.717) is 22.5 Å². The SMILES string of the molecule is COc1c(O)ccc(C2COc3cc(C4=CC=C5C(OO)=CC=CC5O4)cc(O)c3C2=O)c1OC. The zero-order valence-corrected chi connectivity index (χ0v) is 18.8. The highest BCUT2D eigenvalue weighted by atomic mass is 17.1. The van der Waals surface area contributed by atoms with Crippen molar-refractivity contribution in [3.63, 3.8) is 0 Å². The average Bonchev–Trinajstić information content (AvgIpc) is 2.87. The number of hydrogen-bond donors (Lipinski definition) is 3. The topological polar surface area (TPSA) is 124 Å². The van der Waals surface area contributed by atoms with E-state index in [-0.39, 0.29) is 52.5 Å². The molecule has 0 amide bonds. The van der Waals surface area contributed by atoms with Gasteiger partial charge in [0.05, 0.1) is 20.1 Å². The van der Waals surface area contributed by atoms with Crippen molar-refractivity contribution in [2.24, 2.45) is 0 Å². The summed E-state index contributed by atoms with van der Waals surface area (Å²) in [6.07, 6.45) is 8.06. The number of phenols is 2. The Bertz CT molecular complexity index is 1330. The summed E-state index contributed by atoms with van der Waals surface area (Å²) in [5.41, 5.74) is 1.68. The van der Waals surface area contributed by atoms with E-state index >= 15 is 0 Å². The van der Waals surface area contributed by atoms with Crippen LogP contribution in [0.5, 0.6) is 28.7 Å². The molecule has 180 valence electrons. The largest absolute Gasteiger partial charge is 0.507 e. The fourth-order valence-electron chi connectivity index (χ4n) is 4.46. The van der Waals surface area contributed by atoms with Crippen LogP contribution in [0.2, 0.25) is 0 Å². The highest BCUT2D eigenvalue weighted by Gasteiger charge is 2.36. The number of ketones is 1. The van der Waals surface area contributed by atoms with Gasteiger partial charge in [-0.1, -0.05) is 12.1 Å². The molecule has 2 heterocycles. The van der Waals surface area contributed by atoms with Crippen LogP contribution in [0.15, 0.2) is 66.0 Å². The number of carbonyl (C=O) groups is 1. The molecule has 35 heavy (non-hydrogen) atoms. The van der Waals surface area contributed by atoms with Gasteiger partial charge in [0.25, 0.3) is 0 Å². The maximum atomic E-state index is 13.4. The summed E-state index contributed by atoms with van der Waals surface area (Å²) in [4.78, 5) is 17.8. The van der Waals surface area contributed by atoms with Gasteiger partial charge in [0, 0.05) is 16.7 Å². The van der Waals surface area contributed by atoms with Gasteiger partial charge < -0.3 is 34.0 Å². The molecule has 2 unspecified atom stereocenters. The number of ether oxygens (including phenoxy) is 4. The van der Waals surface area contributed by atoms with E-state index in [1.54, 1.807) is 42.5 Å². The molecule has 0 saturated carbocycles. The number of allylic oxidation sites excluding steroid dienone is 4. The summed E-state index contributed by atoms with van der Waals surface area (Å²) in [5, 5.41) is 29.9. The van der Waals surface area contributed by atoms with Crippen LogP contribution in [0, 0.1) is 0 Å². The number of methoxy groups -OCH3 is 2. The first-order valence-electron chi connectivity index (χ1n) is 10.7. The van der Waals surface area contributed by atoms with Gasteiger partial charge in [0.2, 0.25) is 5.75 Å². The van der Waals surface area contributed by atoms with Crippen molar-refractivity contribution in [3.05, 3.63) is 82.7 Å². The van der Waals surface area contributed by atoms with Gasteiger partial charge in [-0.05, 0) is 42.5 Å². The number of rotatable bonds is 5. The Balaban J connectivity index is 1.49. The van der Waals surface area contributed by atoms with Crippen molar-refractivity contribution in [3.8, 4) is 28.7 Å². The minimum atomic E-state index is -0.782. The highest BCUT2D eigenvalue weighted by Crippen LogP contribution is 2.46. The molecule has 0 aromatic heterocycles. The molecule has 0 bridgehead atoms. The van der Waals surface area contributed by atoms with E-state index in [0.717, 1.165) is 0 Å². The van der Waals surface area contributed by atoms with Crippen LogP contribution in [0.1, 0.15) is 27.4 Å². The molecule has 0 radical (unpaired) electrons. The van der Waals surface area contributed by atoms with Crippen molar-refractivity contribution in [1.29, 1.82) is 0 Å². The van der Waals surface area contributed by atoms with Crippen molar-refractivity contribution in [1.82, 2.24) is 0 Å².